The average molecular weight is 349 g/mol. The van der Waals surface area contributed by atoms with Crippen molar-refractivity contribution in [2.75, 3.05) is 0 Å². The summed E-state index contributed by atoms with van der Waals surface area (Å²) in [5, 5.41) is 2.87. The minimum Gasteiger partial charge on any atom is -0.457 e. The molecule has 1 heterocycles. The molecule has 132 valence electrons. The minimum absolute atomic E-state index is 0.0633. The van der Waals surface area contributed by atoms with Crippen molar-refractivity contribution in [2.24, 2.45) is 0 Å². The van der Waals surface area contributed by atoms with Gasteiger partial charge in [0.1, 0.15) is 18.0 Å². The van der Waals surface area contributed by atoms with Crippen LogP contribution in [0.4, 0.5) is 0 Å². The van der Waals surface area contributed by atoms with Crippen LogP contribution in [0.25, 0.3) is 0 Å². The molecule has 0 aliphatic rings. The molecule has 6 nitrogen and oxygen atoms in total. The lowest BCUT2D eigenvalue weighted by atomic mass is 10.1. The van der Waals surface area contributed by atoms with E-state index >= 15 is 0 Å². The van der Waals surface area contributed by atoms with Crippen LogP contribution in [0.3, 0.4) is 0 Å². The summed E-state index contributed by atoms with van der Waals surface area (Å²) in [7, 11) is 0. The predicted molar refractivity (Wildman–Crippen MR) is 98.0 cm³/mol. The third-order valence-electron chi connectivity index (χ3n) is 3.83. The van der Waals surface area contributed by atoms with E-state index in [0.717, 1.165) is 17.1 Å². The van der Waals surface area contributed by atoms with E-state index in [1.807, 2.05) is 61.5 Å². The lowest BCUT2D eigenvalue weighted by Gasteiger charge is -2.15. The van der Waals surface area contributed by atoms with Crippen LogP contribution < -0.4 is 15.7 Å². The summed E-state index contributed by atoms with van der Waals surface area (Å²) in [5.74, 6) is 1.24. The zero-order chi connectivity index (χ0) is 18.4. The third kappa shape index (κ3) is 4.57. The molecule has 0 aliphatic carbocycles. The van der Waals surface area contributed by atoms with Gasteiger partial charge in [-0.1, -0.05) is 30.3 Å². The number of para-hydroxylation sites is 1. The highest BCUT2D eigenvalue weighted by Gasteiger charge is 2.11. The van der Waals surface area contributed by atoms with E-state index in [4.69, 9.17) is 4.74 Å². The Morgan fingerprint density at radius 1 is 1.08 bits per heavy atom. The van der Waals surface area contributed by atoms with Gasteiger partial charge in [-0.05, 0) is 42.8 Å². The lowest BCUT2D eigenvalue weighted by molar-refractivity contribution is -0.122. The second kappa shape index (κ2) is 8.11. The van der Waals surface area contributed by atoms with E-state index < -0.39 is 5.69 Å². The molecule has 26 heavy (non-hydrogen) atoms. The molecule has 3 aromatic rings. The van der Waals surface area contributed by atoms with Crippen molar-refractivity contribution in [3.8, 4) is 11.5 Å². The number of amides is 1. The number of carbonyl (C=O) groups excluding carboxylic acids is 1. The van der Waals surface area contributed by atoms with Gasteiger partial charge in [0.2, 0.25) is 5.91 Å². The van der Waals surface area contributed by atoms with Crippen LogP contribution in [0, 0.1) is 0 Å². The number of hydrogen-bond acceptors (Lipinski definition) is 4. The molecule has 1 atom stereocenters. The number of nitrogens with one attached hydrogen (secondary N) is 1. The molecule has 0 unspecified atom stereocenters. The molecular weight excluding hydrogens is 330 g/mol. The number of rotatable bonds is 6. The van der Waals surface area contributed by atoms with Crippen molar-refractivity contribution < 1.29 is 9.53 Å². The molecule has 0 saturated carbocycles. The maximum absolute atomic E-state index is 12.1. The van der Waals surface area contributed by atoms with Crippen LogP contribution in [-0.2, 0) is 11.3 Å². The second-order valence-electron chi connectivity index (χ2n) is 5.80. The van der Waals surface area contributed by atoms with E-state index in [2.05, 4.69) is 10.3 Å². The number of ether oxygens (including phenoxy) is 1. The SMILES string of the molecule is C[C@H](NC(=O)Cn1cccnc1=O)c1ccc(Oc2ccccc2)cc1. The van der Waals surface area contributed by atoms with Gasteiger partial charge in [-0.2, -0.15) is 0 Å². The number of nitrogens with zero attached hydrogens (tertiary/aromatic N) is 2. The van der Waals surface area contributed by atoms with Gasteiger partial charge in [-0.25, -0.2) is 9.78 Å². The van der Waals surface area contributed by atoms with Crippen LogP contribution in [0.5, 0.6) is 11.5 Å². The van der Waals surface area contributed by atoms with Gasteiger partial charge in [0.25, 0.3) is 0 Å². The quantitative estimate of drug-likeness (QED) is 0.743. The topological polar surface area (TPSA) is 73.2 Å². The molecular formula is C20H19N3O3. The maximum atomic E-state index is 12.1. The number of benzene rings is 2. The second-order valence-corrected chi connectivity index (χ2v) is 5.80. The fraction of sp³-hybridized carbons (Fsp3) is 0.150. The van der Waals surface area contributed by atoms with Crippen molar-refractivity contribution in [1.29, 1.82) is 0 Å². The summed E-state index contributed by atoms with van der Waals surface area (Å²) < 4.78 is 7.02. The largest absolute Gasteiger partial charge is 0.457 e. The van der Waals surface area contributed by atoms with Gasteiger partial charge >= 0.3 is 5.69 Å². The van der Waals surface area contributed by atoms with Gasteiger partial charge in [-0.3, -0.25) is 9.36 Å². The zero-order valence-corrected chi connectivity index (χ0v) is 14.3. The van der Waals surface area contributed by atoms with Gasteiger partial charge in [0.05, 0.1) is 6.04 Å². The molecule has 1 amide bonds. The van der Waals surface area contributed by atoms with Crippen LogP contribution in [-0.4, -0.2) is 15.5 Å². The van der Waals surface area contributed by atoms with E-state index in [0.29, 0.717) is 0 Å². The molecule has 0 radical (unpaired) electrons. The smallest absolute Gasteiger partial charge is 0.347 e. The summed E-state index contributed by atoms with van der Waals surface area (Å²) in [5.41, 5.74) is 0.495. The Labute approximate surface area is 151 Å². The Bertz CT molecular complexity index is 921. The Morgan fingerprint density at radius 2 is 1.77 bits per heavy atom. The van der Waals surface area contributed by atoms with Crippen molar-refractivity contribution in [1.82, 2.24) is 14.9 Å². The molecule has 1 N–H and O–H groups in total. The normalized spacial score (nSPS) is 11.6. The molecule has 0 aliphatic heterocycles. The molecule has 0 fully saturated rings. The molecule has 1 aromatic heterocycles. The highest BCUT2D eigenvalue weighted by Crippen LogP contribution is 2.23. The monoisotopic (exact) mass is 349 g/mol. The van der Waals surface area contributed by atoms with Crippen molar-refractivity contribution in [3.63, 3.8) is 0 Å². The van der Waals surface area contributed by atoms with Crippen LogP contribution >= 0.6 is 0 Å². The standard InChI is InChI=1S/C20H19N3O3/c1-15(22-19(24)14-23-13-5-12-21-20(23)25)16-8-10-18(11-9-16)26-17-6-3-2-4-7-17/h2-13,15H,14H2,1H3,(H,22,24)/t15-/m0/s1. The minimum atomic E-state index is -0.447. The Balaban J connectivity index is 1.59. The first kappa shape index (κ1) is 17.4. The zero-order valence-electron chi connectivity index (χ0n) is 14.3. The number of hydrogen-bond donors (Lipinski definition) is 1. The third-order valence-corrected chi connectivity index (χ3v) is 3.83. The summed E-state index contributed by atoms with van der Waals surface area (Å²) in [6.07, 6.45) is 2.94. The first-order chi connectivity index (χ1) is 12.6. The van der Waals surface area contributed by atoms with E-state index in [1.54, 1.807) is 6.07 Å². The van der Waals surface area contributed by atoms with Crippen LogP contribution in [0.2, 0.25) is 0 Å². The summed E-state index contributed by atoms with van der Waals surface area (Å²) >= 11 is 0. The Hall–Kier alpha value is -3.41. The van der Waals surface area contributed by atoms with E-state index in [1.165, 1.54) is 17.0 Å². The van der Waals surface area contributed by atoms with Gasteiger partial charge in [0.15, 0.2) is 0 Å². The Morgan fingerprint density at radius 3 is 2.46 bits per heavy atom. The van der Waals surface area contributed by atoms with Crippen molar-refractivity contribution in [2.45, 2.75) is 19.5 Å². The first-order valence-corrected chi connectivity index (χ1v) is 8.25. The fourth-order valence-corrected chi connectivity index (χ4v) is 2.48. The average Bonchev–Trinajstić information content (AvgIpc) is 2.65. The predicted octanol–water partition coefficient (Wildman–Crippen LogP) is 2.91. The van der Waals surface area contributed by atoms with E-state index in [9.17, 15) is 9.59 Å². The van der Waals surface area contributed by atoms with Gasteiger partial charge in [-0.15, -0.1) is 0 Å². The van der Waals surface area contributed by atoms with Crippen LogP contribution in [0.1, 0.15) is 18.5 Å². The van der Waals surface area contributed by atoms with Crippen molar-refractivity contribution in [3.05, 3.63) is 89.1 Å². The van der Waals surface area contributed by atoms with Gasteiger partial charge in [0, 0.05) is 12.4 Å². The molecule has 2 aromatic carbocycles. The van der Waals surface area contributed by atoms with Crippen molar-refractivity contribution >= 4 is 5.91 Å². The number of carbonyl (C=O) groups is 1. The fourth-order valence-electron chi connectivity index (χ4n) is 2.48. The molecule has 0 spiro atoms. The summed E-state index contributed by atoms with van der Waals surface area (Å²) in [6, 6.07) is 18.5. The molecule has 3 rings (SSSR count). The summed E-state index contributed by atoms with van der Waals surface area (Å²) in [4.78, 5) is 27.3. The lowest BCUT2D eigenvalue weighted by Crippen LogP contribution is -2.34. The first-order valence-electron chi connectivity index (χ1n) is 8.25. The number of aromatic nitrogens is 2. The van der Waals surface area contributed by atoms with Crippen LogP contribution in [0.15, 0.2) is 77.9 Å². The Kier molecular flexibility index (Phi) is 5.43. The van der Waals surface area contributed by atoms with Gasteiger partial charge < -0.3 is 10.1 Å². The van der Waals surface area contributed by atoms with E-state index in [-0.39, 0.29) is 18.5 Å². The summed E-state index contributed by atoms with van der Waals surface area (Å²) in [6.45, 7) is 1.82. The molecule has 0 bridgehead atoms. The highest BCUT2D eigenvalue weighted by molar-refractivity contribution is 5.76. The molecule has 6 heteroatoms. The highest BCUT2D eigenvalue weighted by atomic mass is 16.5. The maximum Gasteiger partial charge on any atom is 0.347 e. The molecule has 0 saturated heterocycles.